The molecule has 0 amide bonds. The average Bonchev–Trinajstić information content (AvgIpc) is 3.16. The van der Waals surface area contributed by atoms with Gasteiger partial charge in [-0.15, -0.1) is 11.3 Å². The van der Waals surface area contributed by atoms with E-state index in [-0.39, 0.29) is 9.90 Å². The summed E-state index contributed by atoms with van der Waals surface area (Å²) in [5.41, 5.74) is 1.74. The number of fused-ring (bicyclic) bond motifs is 1. The Morgan fingerprint density at radius 1 is 1.35 bits per heavy atom. The Bertz CT molecular complexity index is 972. The lowest BCUT2D eigenvalue weighted by Crippen LogP contribution is -2.12. The van der Waals surface area contributed by atoms with E-state index < -0.39 is 16.0 Å². The van der Waals surface area contributed by atoms with E-state index in [1.807, 2.05) is 13.0 Å². The number of benzene rings is 1. The minimum atomic E-state index is -3.70. The van der Waals surface area contributed by atoms with Crippen LogP contribution in [-0.2, 0) is 16.4 Å². The first-order valence-electron chi connectivity index (χ1n) is 6.86. The summed E-state index contributed by atoms with van der Waals surface area (Å²) in [6, 6.07) is 8.25. The molecule has 2 aromatic heterocycles. The van der Waals surface area contributed by atoms with Crippen LogP contribution in [-0.4, -0.2) is 24.5 Å². The van der Waals surface area contributed by atoms with E-state index in [0.717, 1.165) is 16.9 Å². The molecular formula is C15H14N2O4S2. The predicted molar refractivity (Wildman–Crippen MR) is 89.8 cm³/mol. The van der Waals surface area contributed by atoms with Crippen LogP contribution in [0.25, 0.3) is 10.9 Å². The second-order valence-electron chi connectivity index (χ2n) is 4.99. The number of carboxylic acids is 1. The van der Waals surface area contributed by atoms with Gasteiger partial charge in [0.1, 0.15) is 9.90 Å². The smallest absolute Gasteiger partial charge is 0.352 e. The lowest BCUT2D eigenvalue weighted by atomic mass is 10.1. The fourth-order valence-electron chi connectivity index (χ4n) is 2.32. The van der Waals surface area contributed by atoms with Crippen molar-refractivity contribution < 1.29 is 18.3 Å². The lowest BCUT2D eigenvalue weighted by molar-refractivity contribution is 0.0691. The molecule has 2 heterocycles. The van der Waals surface area contributed by atoms with Gasteiger partial charge in [0, 0.05) is 5.39 Å². The van der Waals surface area contributed by atoms with Crippen LogP contribution < -0.4 is 4.72 Å². The van der Waals surface area contributed by atoms with Gasteiger partial charge in [0.2, 0.25) is 0 Å². The number of aryl methyl sites for hydroxylation is 1. The Labute approximate surface area is 136 Å². The Hall–Kier alpha value is -2.32. The quantitative estimate of drug-likeness (QED) is 0.657. The van der Waals surface area contributed by atoms with Crippen molar-refractivity contribution >= 4 is 43.9 Å². The zero-order valence-corrected chi connectivity index (χ0v) is 13.8. The highest BCUT2D eigenvalue weighted by Crippen LogP contribution is 2.29. The maximum Gasteiger partial charge on any atom is 0.352 e. The predicted octanol–water partition coefficient (Wildman–Crippen LogP) is 3.29. The van der Waals surface area contributed by atoms with Crippen LogP contribution in [0.15, 0.2) is 39.9 Å². The third-order valence-electron chi connectivity index (χ3n) is 3.43. The average molecular weight is 350 g/mol. The fraction of sp³-hybridized carbons (Fsp3) is 0.133. The highest BCUT2D eigenvalue weighted by atomic mass is 32.2. The van der Waals surface area contributed by atoms with Crippen molar-refractivity contribution in [2.24, 2.45) is 0 Å². The zero-order chi connectivity index (χ0) is 16.6. The molecule has 0 unspecified atom stereocenters. The molecule has 0 atom stereocenters. The van der Waals surface area contributed by atoms with Crippen molar-refractivity contribution in [2.45, 2.75) is 17.6 Å². The molecule has 6 nitrogen and oxygen atoms in total. The van der Waals surface area contributed by atoms with Crippen LogP contribution in [0.2, 0.25) is 0 Å². The number of H-pyrrole nitrogens is 1. The van der Waals surface area contributed by atoms with E-state index >= 15 is 0 Å². The number of aromatic carboxylic acids is 1. The number of aromatic nitrogens is 1. The largest absolute Gasteiger partial charge is 0.477 e. The zero-order valence-electron chi connectivity index (χ0n) is 12.2. The number of rotatable bonds is 5. The van der Waals surface area contributed by atoms with Crippen LogP contribution >= 0.6 is 11.3 Å². The number of nitrogens with one attached hydrogen (secondary N) is 2. The topological polar surface area (TPSA) is 99.3 Å². The van der Waals surface area contributed by atoms with Crippen LogP contribution in [0.1, 0.15) is 23.0 Å². The van der Waals surface area contributed by atoms with Gasteiger partial charge in [0.15, 0.2) is 0 Å². The molecule has 3 rings (SSSR count). The Balaban J connectivity index is 2.14. The Morgan fingerprint density at radius 3 is 2.74 bits per heavy atom. The second kappa shape index (κ2) is 5.71. The van der Waals surface area contributed by atoms with Crippen LogP contribution in [0.4, 0.5) is 5.69 Å². The minimum Gasteiger partial charge on any atom is -0.477 e. The fourth-order valence-corrected chi connectivity index (χ4v) is 4.37. The molecule has 0 aliphatic heterocycles. The minimum absolute atomic E-state index is 0.0184. The maximum atomic E-state index is 12.4. The highest BCUT2D eigenvalue weighted by molar-refractivity contribution is 7.94. The standard InChI is InChI=1S/C15H14N2O4S2/c1-2-9-6-10-8-12(15(18)19)16-14(10)11(7-9)17-23(20,21)13-4-3-5-22-13/h3-8,16-17H,2H2,1H3,(H,18,19). The molecule has 0 fully saturated rings. The number of anilines is 1. The summed E-state index contributed by atoms with van der Waals surface area (Å²) in [4.78, 5) is 13.9. The molecule has 0 saturated carbocycles. The number of carbonyl (C=O) groups is 1. The van der Waals surface area contributed by atoms with Gasteiger partial charge in [0.05, 0.1) is 11.2 Å². The van der Waals surface area contributed by atoms with Crippen molar-refractivity contribution in [1.29, 1.82) is 0 Å². The molecule has 0 aliphatic rings. The van der Waals surface area contributed by atoms with Gasteiger partial charge in [0.25, 0.3) is 10.0 Å². The summed E-state index contributed by atoms with van der Waals surface area (Å²) >= 11 is 1.12. The van der Waals surface area contributed by atoms with Gasteiger partial charge in [-0.05, 0) is 41.6 Å². The van der Waals surface area contributed by atoms with E-state index in [9.17, 15) is 13.2 Å². The summed E-state index contributed by atoms with van der Waals surface area (Å²) in [6.07, 6.45) is 0.706. The van der Waals surface area contributed by atoms with E-state index in [1.165, 1.54) is 12.1 Å². The molecule has 8 heteroatoms. The summed E-state index contributed by atoms with van der Waals surface area (Å²) in [5, 5.41) is 11.5. The highest BCUT2D eigenvalue weighted by Gasteiger charge is 2.19. The molecule has 0 bridgehead atoms. The van der Waals surface area contributed by atoms with Crippen molar-refractivity contribution in [2.75, 3.05) is 4.72 Å². The van der Waals surface area contributed by atoms with Crippen molar-refractivity contribution in [3.63, 3.8) is 0 Å². The van der Waals surface area contributed by atoms with Crippen molar-refractivity contribution in [3.8, 4) is 0 Å². The van der Waals surface area contributed by atoms with Crippen molar-refractivity contribution in [1.82, 2.24) is 4.98 Å². The summed E-state index contributed by atoms with van der Waals surface area (Å²) in [5.74, 6) is -1.09. The van der Waals surface area contributed by atoms with E-state index in [2.05, 4.69) is 9.71 Å². The molecular weight excluding hydrogens is 336 g/mol. The molecule has 23 heavy (non-hydrogen) atoms. The van der Waals surface area contributed by atoms with E-state index in [4.69, 9.17) is 5.11 Å². The second-order valence-corrected chi connectivity index (χ2v) is 7.84. The first kappa shape index (κ1) is 15.6. The number of sulfonamides is 1. The number of thiophene rings is 1. The molecule has 120 valence electrons. The summed E-state index contributed by atoms with van der Waals surface area (Å²) in [6.45, 7) is 1.95. The van der Waals surface area contributed by atoms with Crippen LogP contribution in [0.3, 0.4) is 0 Å². The van der Waals surface area contributed by atoms with Gasteiger partial charge in [-0.2, -0.15) is 0 Å². The van der Waals surface area contributed by atoms with Gasteiger partial charge < -0.3 is 10.1 Å². The van der Waals surface area contributed by atoms with E-state index in [1.54, 1.807) is 17.5 Å². The van der Waals surface area contributed by atoms with Crippen molar-refractivity contribution in [3.05, 3.63) is 47.0 Å². The van der Waals surface area contributed by atoms with E-state index in [0.29, 0.717) is 23.0 Å². The third-order valence-corrected chi connectivity index (χ3v) is 6.19. The first-order valence-corrected chi connectivity index (χ1v) is 9.22. The number of aromatic amines is 1. The SMILES string of the molecule is CCc1cc(NS(=O)(=O)c2cccs2)c2[nH]c(C(=O)O)cc2c1. The van der Waals surface area contributed by atoms with Crippen LogP contribution in [0.5, 0.6) is 0 Å². The van der Waals surface area contributed by atoms with Gasteiger partial charge in [-0.1, -0.05) is 13.0 Å². The normalized spacial score (nSPS) is 11.7. The molecule has 1 aromatic carbocycles. The number of hydrogen-bond donors (Lipinski definition) is 3. The number of carboxylic acid groups (broad SMARTS) is 1. The summed E-state index contributed by atoms with van der Waals surface area (Å²) in [7, 11) is -3.70. The van der Waals surface area contributed by atoms with Gasteiger partial charge >= 0.3 is 5.97 Å². The Morgan fingerprint density at radius 2 is 2.13 bits per heavy atom. The monoisotopic (exact) mass is 350 g/mol. The van der Waals surface area contributed by atoms with Gasteiger partial charge in [-0.25, -0.2) is 13.2 Å². The molecule has 3 aromatic rings. The summed E-state index contributed by atoms with van der Waals surface area (Å²) < 4.78 is 27.6. The van der Waals surface area contributed by atoms with Crippen LogP contribution in [0, 0.1) is 0 Å². The lowest BCUT2D eigenvalue weighted by Gasteiger charge is -2.09. The molecule has 0 saturated heterocycles. The Kier molecular flexibility index (Phi) is 3.87. The number of hydrogen-bond acceptors (Lipinski definition) is 4. The first-order chi connectivity index (χ1) is 10.9. The molecule has 0 spiro atoms. The van der Waals surface area contributed by atoms with Gasteiger partial charge in [-0.3, -0.25) is 4.72 Å². The maximum absolute atomic E-state index is 12.4. The molecule has 3 N–H and O–H groups in total. The third kappa shape index (κ3) is 2.95. The molecule has 0 radical (unpaired) electrons. The molecule has 0 aliphatic carbocycles.